The van der Waals surface area contributed by atoms with Crippen LogP contribution in [0.2, 0.25) is 0 Å². The fraction of sp³-hybridized carbons (Fsp3) is 0.444. The number of nitrogens with one attached hydrogen (secondary N) is 1. The zero-order valence-corrected chi connectivity index (χ0v) is 14.8. The van der Waals surface area contributed by atoms with Gasteiger partial charge in [-0.3, -0.25) is 9.48 Å². The van der Waals surface area contributed by atoms with Gasteiger partial charge in [0.15, 0.2) is 11.5 Å². The highest BCUT2D eigenvalue weighted by Gasteiger charge is 2.10. The van der Waals surface area contributed by atoms with Crippen molar-refractivity contribution in [2.75, 3.05) is 13.2 Å². The molecule has 0 radical (unpaired) electrons. The number of carbonyl (C=O) groups excluding carboxylic acids is 1. The lowest BCUT2D eigenvalue weighted by molar-refractivity contribution is -0.120. The van der Waals surface area contributed by atoms with Gasteiger partial charge in [0.2, 0.25) is 5.91 Å². The fourth-order valence-corrected chi connectivity index (χ4v) is 2.47. The number of benzene rings is 1. The van der Waals surface area contributed by atoms with Gasteiger partial charge in [-0.1, -0.05) is 6.07 Å². The number of aromatic nitrogens is 2. The lowest BCUT2D eigenvalue weighted by Crippen LogP contribution is -2.25. The molecule has 0 saturated carbocycles. The Morgan fingerprint density at radius 1 is 1.17 bits per heavy atom. The summed E-state index contributed by atoms with van der Waals surface area (Å²) in [5, 5.41) is 7.19. The van der Waals surface area contributed by atoms with E-state index in [1.54, 1.807) is 4.68 Å². The van der Waals surface area contributed by atoms with E-state index in [1.807, 2.05) is 52.1 Å². The number of hydrogen-bond donors (Lipinski definition) is 1. The van der Waals surface area contributed by atoms with Crippen molar-refractivity contribution in [1.29, 1.82) is 0 Å². The molecule has 1 heterocycles. The second-order valence-corrected chi connectivity index (χ2v) is 5.50. The summed E-state index contributed by atoms with van der Waals surface area (Å²) in [4.78, 5) is 12.2. The molecule has 1 amide bonds. The van der Waals surface area contributed by atoms with Crippen molar-refractivity contribution in [2.24, 2.45) is 7.05 Å². The number of hydrogen-bond acceptors (Lipinski definition) is 4. The number of rotatable bonds is 8. The van der Waals surface area contributed by atoms with E-state index in [2.05, 4.69) is 10.4 Å². The van der Waals surface area contributed by atoms with Crippen LogP contribution in [0.3, 0.4) is 0 Å². The standard InChI is InChI=1S/C18H25N3O3/c1-5-23-16-8-7-14(10-17(16)24-6-2)11-18(22)19-12-15-9-13(3)20-21(15)4/h7-10H,5-6,11-12H2,1-4H3,(H,19,22). The van der Waals surface area contributed by atoms with Crippen LogP contribution in [0.4, 0.5) is 0 Å². The molecule has 0 aliphatic heterocycles. The van der Waals surface area contributed by atoms with E-state index in [9.17, 15) is 4.79 Å². The predicted molar refractivity (Wildman–Crippen MR) is 92.3 cm³/mol. The molecular formula is C18H25N3O3. The van der Waals surface area contributed by atoms with E-state index < -0.39 is 0 Å². The zero-order valence-electron chi connectivity index (χ0n) is 14.8. The minimum atomic E-state index is -0.0412. The lowest BCUT2D eigenvalue weighted by atomic mass is 10.1. The minimum Gasteiger partial charge on any atom is -0.490 e. The molecule has 6 nitrogen and oxygen atoms in total. The summed E-state index contributed by atoms with van der Waals surface area (Å²) in [6.45, 7) is 7.37. The van der Waals surface area contributed by atoms with Crippen LogP contribution in [0, 0.1) is 6.92 Å². The van der Waals surface area contributed by atoms with Gasteiger partial charge < -0.3 is 14.8 Å². The summed E-state index contributed by atoms with van der Waals surface area (Å²) in [5.74, 6) is 1.33. The second kappa shape index (κ2) is 8.38. The molecule has 0 aliphatic rings. The zero-order chi connectivity index (χ0) is 17.5. The largest absolute Gasteiger partial charge is 0.490 e. The smallest absolute Gasteiger partial charge is 0.224 e. The van der Waals surface area contributed by atoms with Gasteiger partial charge in [-0.25, -0.2) is 0 Å². The molecule has 2 aromatic rings. The Labute approximate surface area is 142 Å². The van der Waals surface area contributed by atoms with Gasteiger partial charge in [-0.15, -0.1) is 0 Å². The molecule has 2 rings (SSSR count). The van der Waals surface area contributed by atoms with Crippen LogP contribution >= 0.6 is 0 Å². The summed E-state index contributed by atoms with van der Waals surface area (Å²) >= 11 is 0. The normalized spacial score (nSPS) is 10.5. The molecule has 1 N–H and O–H groups in total. The van der Waals surface area contributed by atoms with E-state index in [-0.39, 0.29) is 5.91 Å². The monoisotopic (exact) mass is 331 g/mol. The Kier molecular flexibility index (Phi) is 6.23. The van der Waals surface area contributed by atoms with Crippen molar-refractivity contribution < 1.29 is 14.3 Å². The predicted octanol–water partition coefficient (Wildman–Crippen LogP) is 2.38. The summed E-state index contributed by atoms with van der Waals surface area (Å²) < 4.78 is 12.9. The fourth-order valence-electron chi connectivity index (χ4n) is 2.47. The first-order valence-corrected chi connectivity index (χ1v) is 8.18. The Balaban J connectivity index is 1.97. The molecule has 0 bridgehead atoms. The number of carbonyl (C=O) groups is 1. The topological polar surface area (TPSA) is 65.4 Å². The average Bonchev–Trinajstić information content (AvgIpc) is 2.86. The highest BCUT2D eigenvalue weighted by Crippen LogP contribution is 2.28. The summed E-state index contributed by atoms with van der Waals surface area (Å²) in [5.41, 5.74) is 2.80. The van der Waals surface area contributed by atoms with Gasteiger partial charge in [-0.05, 0) is 44.5 Å². The van der Waals surface area contributed by atoms with Crippen LogP contribution in [0.15, 0.2) is 24.3 Å². The van der Waals surface area contributed by atoms with E-state index in [1.165, 1.54) is 0 Å². The maximum atomic E-state index is 12.2. The SMILES string of the molecule is CCOc1ccc(CC(=O)NCc2cc(C)nn2C)cc1OCC. The quantitative estimate of drug-likeness (QED) is 0.806. The molecule has 0 atom stereocenters. The third-order valence-corrected chi connectivity index (χ3v) is 3.54. The molecule has 0 unspecified atom stereocenters. The second-order valence-electron chi connectivity index (χ2n) is 5.50. The molecule has 6 heteroatoms. The molecule has 0 aliphatic carbocycles. The Morgan fingerprint density at radius 3 is 2.50 bits per heavy atom. The summed E-state index contributed by atoms with van der Waals surface area (Å²) in [6, 6.07) is 7.57. The highest BCUT2D eigenvalue weighted by molar-refractivity contribution is 5.78. The van der Waals surface area contributed by atoms with Gasteiger partial charge >= 0.3 is 0 Å². The van der Waals surface area contributed by atoms with Crippen molar-refractivity contribution in [2.45, 2.75) is 33.7 Å². The van der Waals surface area contributed by atoms with Crippen molar-refractivity contribution in [3.05, 3.63) is 41.2 Å². The van der Waals surface area contributed by atoms with Gasteiger partial charge in [0.1, 0.15) is 0 Å². The van der Waals surface area contributed by atoms with Gasteiger partial charge in [0, 0.05) is 7.05 Å². The van der Waals surface area contributed by atoms with Crippen molar-refractivity contribution >= 4 is 5.91 Å². The van der Waals surface area contributed by atoms with Crippen LogP contribution in [0.5, 0.6) is 11.5 Å². The maximum absolute atomic E-state index is 12.2. The van der Waals surface area contributed by atoms with Crippen LogP contribution < -0.4 is 14.8 Å². The number of ether oxygens (including phenoxy) is 2. The van der Waals surface area contributed by atoms with Gasteiger partial charge in [0.05, 0.1) is 37.6 Å². The minimum absolute atomic E-state index is 0.0412. The molecule has 1 aromatic heterocycles. The average molecular weight is 331 g/mol. The first-order chi connectivity index (χ1) is 11.5. The van der Waals surface area contributed by atoms with Crippen LogP contribution in [-0.4, -0.2) is 28.9 Å². The summed E-state index contributed by atoms with van der Waals surface area (Å²) in [6.07, 6.45) is 0.295. The lowest BCUT2D eigenvalue weighted by Gasteiger charge is -2.12. The highest BCUT2D eigenvalue weighted by atomic mass is 16.5. The van der Waals surface area contributed by atoms with Gasteiger partial charge in [0.25, 0.3) is 0 Å². The molecular weight excluding hydrogens is 306 g/mol. The van der Waals surface area contributed by atoms with Crippen molar-refractivity contribution in [3.63, 3.8) is 0 Å². The number of nitrogens with zero attached hydrogens (tertiary/aromatic N) is 2. The Hall–Kier alpha value is -2.50. The summed E-state index contributed by atoms with van der Waals surface area (Å²) in [7, 11) is 1.87. The third kappa shape index (κ3) is 4.75. The van der Waals surface area contributed by atoms with Crippen molar-refractivity contribution in [3.8, 4) is 11.5 Å². The Bertz CT molecular complexity index is 695. The number of amides is 1. The van der Waals surface area contributed by atoms with E-state index in [4.69, 9.17) is 9.47 Å². The maximum Gasteiger partial charge on any atom is 0.224 e. The molecule has 0 saturated heterocycles. The van der Waals surface area contributed by atoms with Crippen LogP contribution in [0.1, 0.15) is 30.8 Å². The van der Waals surface area contributed by atoms with Crippen LogP contribution in [0.25, 0.3) is 0 Å². The van der Waals surface area contributed by atoms with E-state index in [0.29, 0.717) is 37.7 Å². The molecule has 130 valence electrons. The van der Waals surface area contributed by atoms with Gasteiger partial charge in [-0.2, -0.15) is 5.10 Å². The first kappa shape index (κ1) is 17.8. The molecule has 0 spiro atoms. The van der Waals surface area contributed by atoms with E-state index in [0.717, 1.165) is 17.0 Å². The van der Waals surface area contributed by atoms with Crippen molar-refractivity contribution in [1.82, 2.24) is 15.1 Å². The number of aryl methyl sites for hydroxylation is 2. The first-order valence-electron chi connectivity index (χ1n) is 8.18. The molecule has 24 heavy (non-hydrogen) atoms. The third-order valence-electron chi connectivity index (χ3n) is 3.54. The van der Waals surface area contributed by atoms with Crippen LogP contribution in [-0.2, 0) is 24.8 Å². The molecule has 1 aromatic carbocycles. The Morgan fingerprint density at radius 2 is 1.88 bits per heavy atom. The van der Waals surface area contributed by atoms with E-state index >= 15 is 0 Å². The molecule has 0 fully saturated rings.